The van der Waals surface area contributed by atoms with Crippen LogP contribution >= 0.6 is 35.6 Å². The van der Waals surface area contributed by atoms with Gasteiger partial charge in [0.15, 0.2) is 5.96 Å². The van der Waals surface area contributed by atoms with Gasteiger partial charge in [0.25, 0.3) is 0 Å². The van der Waals surface area contributed by atoms with Crippen LogP contribution in [0.4, 0.5) is 0 Å². The van der Waals surface area contributed by atoms with Gasteiger partial charge in [-0.3, -0.25) is 4.99 Å². The van der Waals surface area contributed by atoms with E-state index in [-0.39, 0.29) is 24.0 Å². The molecule has 0 saturated carbocycles. The maximum Gasteiger partial charge on any atom is 0.191 e. The van der Waals surface area contributed by atoms with Gasteiger partial charge in [0.2, 0.25) is 0 Å². The molecule has 1 saturated heterocycles. The Hall–Kier alpha value is -0.770. The van der Waals surface area contributed by atoms with E-state index in [1.807, 2.05) is 18.2 Å². The first kappa shape index (κ1) is 23.3. The van der Waals surface area contributed by atoms with E-state index >= 15 is 0 Å². The molecule has 0 aliphatic carbocycles. The Bertz CT molecular complexity index is 528. The Morgan fingerprint density at radius 1 is 1.31 bits per heavy atom. The molecule has 0 bridgehead atoms. The third-order valence-corrected chi connectivity index (χ3v) is 4.00. The first-order valence-corrected chi connectivity index (χ1v) is 9.18. The molecule has 26 heavy (non-hydrogen) atoms. The van der Waals surface area contributed by atoms with Crippen molar-refractivity contribution in [1.82, 2.24) is 10.6 Å². The first-order valence-electron chi connectivity index (χ1n) is 8.80. The van der Waals surface area contributed by atoms with Crippen molar-refractivity contribution in [3.63, 3.8) is 0 Å². The van der Waals surface area contributed by atoms with E-state index in [1.54, 1.807) is 13.1 Å². The molecule has 0 aromatic heterocycles. The number of ether oxygens (including phenoxy) is 3. The highest BCUT2D eigenvalue weighted by Gasteiger charge is 2.14. The van der Waals surface area contributed by atoms with Crippen molar-refractivity contribution < 1.29 is 14.2 Å². The SMILES string of the molecule is CN=C(NCCCOCC1CCCO1)NCCOc1cccc(Cl)c1.I. The molecule has 6 nitrogen and oxygen atoms in total. The van der Waals surface area contributed by atoms with Gasteiger partial charge in [-0.05, 0) is 37.5 Å². The zero-order valence-corrected chi connectivity index (χ0v) is 18.3. The molecule has 0 amide bonds. The van der Waals surface area contributed by atoms with Crippen LogP contribution in [0.15, 0.2) is 29.3 Å². The number of halogens is 2. The summed E-state index contributed by atoms with van der Waals surface area (Å²) in [5, 5.41) is 7.14. The van der Waals surface area contributed by atoms with Crippen LogP contribution in [0, 0.1) is 0 Å². The molecule has 8 heteroatoms. The summed E-state index contributed by atoms with van der Waals surface area (Å²) in [6.07, 6.45) is 3.48. The van der Waals surface area contributed by atoms with Crippen molar-refractivity contribution in [2.24, 2.45) is 4.99 Å². The van der Waals surface area contributed by atoms with Crippen molar-refractivity contribution in [3.05, 3.63) is 29.3 Å². The zero-order chi connectivity index (χ0) is 17.7. The lowest BCUT2D eigenvalue weighted by molar-refractivity contribution is 0.0168. The number of hydrogen-bond acceptors (Lipinski definition) is 4. The summed E-state index contributed by atoms with van der Waals surface area (Å²) in [5.74, 6) is 1.52. The lowest BCUT2D eigenvalue weighted by Gasteiger charge is -2.13. The van der Waals surface area contributed by atoms with E-state index in [4.69, 9.17) is 25.8 Å². The molecule has 2 N–H and O–H groups in total. The summed E-state index contributed by atoms with van der Waals surface area (Å²) in [6.45, 7) is 4.29. The Morgan fingerprint density at radius 3 is 2.88 bits per heavy atom. The second-order valence-electron chi connectivity index (χ2n) is 5.80. The fourth-order valence-corrected chi connectivity index (χ4v) is 2.67. The van der Waals surface area contributed by atoms with Gasteiger partial charge in [0, 0.05) is 31.8 Å². The van der Waals surface area contributed by atoms with Crippen molar-refractivity contribution in [2.75, 3.05) is 46.6 Å². The van der Waals surface area contributed by atoms with Gasteiger partial charge in [-0.2, -0.15) is 0 Å². The lowest BCUT2D eigenvalue weighted by Crippen LogP contribution is -2.39. The van der Waals surface area contributed by atoms with Crippen LogP contribution in [0.2, 0.25) is 5.02 Å². The van der Waals surface area contributed by atoms with Crippen molar-refractivity contribution in [2.45, 2.75) is 25.4 Å². The van der Waals surface area contributed by atoms with Crippen LogP contribution in [0.25, 0.3) is 0 Å². The highest BCUT2D eigenvalue weighted by atomic mass is 127. The number of benzene rings is 1. The van der Waals surface area contributed by atoms with Crippen LogP contribution in [-0.4, -0.2) is 58.6 Å². The number of hydrogen-bond donors (Lipinski definition) is 2. The van der Waals surface area contributed by atoms with Crippen LogP contribution in [0.3, 0.4) is 0 Å². The van der Waals surface area contributed by atoms with Gasteiger partial charge in [0.1, 0.15) is 12.4 Å². The second-order valence-corrected chi connectivity index (χ2v) is 6.23. The average molecular weight is 498 g/mol. The maximum atomic E-state index is 5.92. The molecule has 0 radical (unpaired) electrons. The lowest BCUT2D eigenvalue weighted by atomic mass is 10.2. The zero-order valence-electron chi connectivity index (χ0n) is 15.2. The molecule has 1 atom stereocenters. The predicted molar refractivity (Wildman–Crippen MR) is 116 cm³/mol. The van der Waals surface area contributed by atoms with Crippen molar-refractivity contribution in [3.8, 4) is 5.75 Å². The molecular weight excluding hydrogens is 469 g/mol. The minimum absolute atomic E-state index is 0. The van der Waals surface area contributed by atoms with E-state index in [1.165, 1.54) is 0 Å². The van der Waals surface area contributed by atoms with Gasteiger partial charge < -0.3 is 24.8 Å². The molecule has 1 aliphatic heterocycles. The quantitative estimate of drug-likeness (QED) is 0.225. The van der Waals surface area contributed by atoms with Gasteiger partial charge in [-0.15, -0.1) is 24.0 Å². The number of nitrogens with one attached hydrogen (secondary N) is 2. The predicted octanol–water partition coefficient (Wildman–Crippen LogP) is 3.09. The Balaban J connectivity index is 0.00000338. The van der Waals surface area contributed by atoms with Crippen LogP contribution in [0.5, 0.6) is 5.75 Å². The highest BCUT2D eigenvalue weighted by Crippen LogP contribution is 2.16. The minimum atomic E-state index is 0. The molecular formula is C18H29ClIN3O3. The smallest absolute Gasteiger partial charge is 0.191 e. The summed E-state index contributed by atoms with van der Waals surface area (Å²) in [6, 6.07) is 7.37. The van der Waals surface area contributed by atoms with E-state index in [9.17, 15) is 0 Å². The van der Waals surface area contributed by atoms with Gasteiger partial charge in [-0.25, -0.2) is 0 Å². The Labute approximate surface area is 178 Å². The molecule has 1 aliphatic rings. The molecule has 2 rings (SSSR count). The van der Waals surface area contributed by atoms with Gasteiger partial charge in [-0.1, -0.05) is 17.7 Å². The number of rotatable bonds is 10. The minimum Gasteiger partial charge on any atom is -0.492 e. The summed E-state index contributed by atoms with van der Waals surface area (Å²) < 4.78 is 16.8. The van der Waals surface area contributed by atoms with Crippen LogP contribution < -0.4 is 15.4 Å². The molecule has 1 unspecified atom stereocenters. The van der Waals surface area contributed by atoms with E-state index in [0.717, 1.165) is 50.7 Å². The largest absolute Gasteiger partial charge is 0.492 e. The first-order chi connectivity index (χ1) is 12.3. The van der Waals surface area contributed by atoms with Crippen molar-refractivity contribution >= 4 is 41.5 Å². The number of guanidine groups is 1. The van der Waals surface area contributed by atoms with E-state index in [2.05, 4.69) is 15.6 Å². The van der Waals surface area contributed by atoms with E-state index in [0.29, 0.717) is 30.9 Å². The molecule has 1 aromatic carbocycles. The fraction of sp³-hybridized carbons (Fsp3) is 0.611. The van der Waals surface area contributed by atoms with Crippen molar-refractivity contribution in [1.29, 1.82) is 0 Å². The van der Waals surface area contributed by atoms with E-state index < -0.39 is 0 Å². The topological polar surface area (TPSA) is 64.1 Å². The molecule has 1 aromatic rings. The second kappa shape index (κ2) is 14.3. The summed E-state index contributed by atoms with van der Waals surface area (Å²) in [4.78, 5) is 4.18. The normalized spacial score (nSPS) is 16.8. The third kappa shape index (κ3) is 9.80. The standard InChI is InChI=1S/C18H28ClN3O3.HI/c1-20-18(21-8-4-10-23-14-17-7-3-11-24-17)22-9-12-25-16-6-2-5-15(19)13-16;/h2,5-6,13,17H,3-4,7-12,14H2,1H3,(H2,20,21,22);1H. The molecule has 1 fully saturated rings. The van der Waals surface area contributed by atoms with Gasteiger partial charge >= 0.3 is 0 Å². The maximum absolute atomic E-state index is 5.92. The summed E-state index contributed by atoms with van der Waals surface area (Å²) >= 11 is 5.92. The van der Waals surface area contributed by atoms with Crippen LogP contribution in [0.1, 0.15) is 19.3 Å². The van der Waals surface area contributed by atoms with Gasteiger partial charge in [0.05, 0.1) is 19.3 Å². The molecule has 1 heterocycles. The Kier molecular flexibility index (Phi) is 12.8. The highest BCUT2D eigenvalue weighted by molar-refractivity contribution is 14.0. The average Bonchev–Trinajstić information content (AvgIpc) is 3.13. The Morgan fingerprint density at radius 2 is 2.15 bits per heavy atom. The monoisotopic (exact) mass is 497 g/mol. The summed E-state index contributed by atoms with van der Waals surface area (Å²) in [5.41, 5.74) is 0. The number of nitrogens with zero attached hydrogens (tertiary/aromatic N) is 1. The molecule has 148 valence electrons. The summed E-state index contributed by atoms with van der Waals surface area (Å²) in [7, 11) is 1.75. The number of aliphatic imine (C=N–C) groups is 1. The third-order valence-electron chi connectivity index (χ3n) is 3.77. The molecule has 0 spiro atoms. The van der Waals surface area contributed by atoms with Crippen LogP contribution in [-0.2, 0) is 9.47 Å². The fourth-order valence-electron chi connectivity index (χ4n) is 2.49.